The molecule has 2 atom stereocenters. The van der Waals surface area contributed by atoms with Crippen molar-refractivity contribution in [1.29, 1.82) is 0 Å². The molecule has 1 fully saturated rings. The van der Waals surface area contributed by atoms with Gasteiger partial charge < -0.3 is 15.0 Å². The molecule has 23 heavy (non-hydrogen) atoms. The van der Waals surface area contributed by atoms with E-state index in [2.05, 4.69) is 17.0 Å². The highest BCUT2D eigenvalue weighted by atomic mass is 16.5. The smallest absolute Gasteiger partial charge is 0.337 e. The summed E-state index contributed by atoms with van der Waals surface area (Å²) in [6.45, 7) is 5.37. The van der Waals surface area contributed by atoms with Gasteiger partial charge in [-0.05, 0) is 50.5 Å². The molecule has 0 radical (unpaired) electrons. The molecule has 0 spiro atoms. The van der Waals surface area contributed by atoms with Crippen LogP contribution in [-0.4, -0.2) is 44.7 Å². The predicted octanol–water partition coefficient (Wildman–Crippen LogP) is 1.05. The summed E-state index contributed by atoms with van der Waals surface area (Å²) in [6.07, 6.45) is 4.97. The molecule has 2 rings (SSSR count). The number of piperidine rings is 1. The third-order valence-corrected chi connectivity index (χ3v) is 4.61. The van der Waals surface area contributed by atoms with Crippen LogP contribution in [-0.2, 0) is 4.74 Å². The summed E-state index contributed by atoms with van der Waals surface area (Å²) in [5, 5.41) is 2.95. The first kappa shape index (κ1) is 17.5. The molecule has 1 aromatic rings. The van der Waals surface area contributed by atoms with E-state index >= 15 is 0 Å². The summed E-state index contributed by atoms with van der Waals surface area (Å²) >= 11 is 0. The quantitative estimate of drug-likeness (QED) is 0.609. The van der Waals surface area contributed by atoms with Crippen LogP contribution in [0.5, 0.6) is 0 Å². The van der Waals surface area contributed by atoms with E-state index in [-0.39, 0.29) is 5.91 Å². The minimum Gasteiger partial charge on any atom is -0.465 e. The van der Waals surface area contributed by atoms with Crippen molar-refractivity contribution < 1.29 is 19.2 Å². The van der Waals surface area contributed by atoms with Gasteiger partial charge in [0.15, 0.2) is 0 Å². The van der Waals surface area contributed by atoms with Crippen LogP contribution in [0.1, 0.15) is 53.3 Å². The van der Waals surface area contributed by atoms with Gasteiger partial charge in [0.2, 0.25) is 0 Å². The first-order chi connectivity index (χ1) is 11.1. The zero-order valence-corrected chi connectivity index (χ0v) is 14.1. The molecule has 1 unspecified atom stereocenters. The van der Waals surface area contributed by atoms with Crippen LogP contribution in [0.3, 0.4) is 0 Å². The molecule has 1 heterocycles. The number of quaternary nitrogens is 1. The summed E-state index contributed by atoms with van der Waals surface area (Å²) < 4.78 is 4.64. The van der Waals surface area contributed by atoms with E-state index in [1.54, 1.807) is 29.2 Å². The molecular formula is C18H27N2O3+. The predicted molar refractivity (Wildman–Crippen MR) is 88.7 cm³/mol. The summed E-state index contributed by atoms with van der Waals surface area (Å²) in [5.41, 5.74) is 1.02. The lowest BCUT2D eigenvalue weighted by Crippen LogP contribution is -3.16. The van der Waals surface area contributed by atoms with E-state index in [1.165, 1.54) is 32.9 Å². The van der Waals surface area contributed by atoms with Gasteiger partial charge in [-0.2, -0.15) is 0 Å². The summed E-state index contributed by atoms with van der Waals surface area (Å²) in [6, 6.07) is 7.27. The van der Waals surface area contributed by atoms with Gasteiger partial charge >= 0.3 is 5.97 Å². The zero-order chi connectivity index (χ0) is 16.7. The van der Waals surface area contributed by atoms with E-state index in [1.807, 2.05) is 0 Å². The number of ether oxygens (including phenoxy) is 1. The number of carbonyl (C=O) groups excluding carboxylic acids is 2. The SMILES string of the molecule is COC(=O)c1ccc(C(=O)NCCC[NH+]2CCCC[C@@H]2C)cc1. The van der Waals surface area contributed by atoms with E-state index in [9.17, 15) is 9.59 Å². The van der Waals surface area contributed by atoms with Gasteiger partial charge in [0.05, 0.1) is 31.8 Å². The maximum atomic E-state index is 12.1. The fraction of sp³-hybridized carbons (Fsp3) is 0.556. The number of rotatable bonds is 6. The number of esters is 1. The molecule has 1 aliphatic rings. The first-order valence-electron chi connectivity index (χ1n) is 8.43. The van der Waals surface area contributed by atoms with Crippen LogP contribution >= 0.6 is 0 Å². The second-order valence-electron chi connectivity index (χ2n) is 6.23. The summed E-state index contributed by atoms with van der Waals surface area (Å²) in [7, 11) is 1.34. The standard InChI is InChI=1S/C18H26N2O3/c1-14-6-3-4-12-20(14)13-5-11-19-17(21)15-7-9-16(10-8-15)18(22)23-2/h7-10,14H,3-6,11-13H2,1-2H3,(H,19,21)/p+1/t14-/m0/s1. The maximum Gasteiger partial charge on any atom is 0.337 e. The topological polar surface area (TPSA) is 59.8 Å². The number of nitrogens with one attached hydrogen (secondary N) is 2. The number of hydrogen-bond donors (Lipinski definition) is 2. The number of likely N-dealkylation sites (tertiary alicyclic amines) is 1. The molecule has 126 valence electrons. The van der Waals surface area contributed by atoms with Crippen molar-refractivity contribution in [3.63, 3.8) is 0 Å². The normalized spacial score (nSPS) is 20.8. The van der Waals surface area contributed by atoms with Crippen molar-refractivity contribution in [3.05, 3.63) is 35.4 Å². The number of hydrogen-bond acceptors (Lipinski definition) is 3. The fourth-order valence-corrected chi connectivity index (χ4v) is 3.12. The number of carbonyl (C=O) groups is 2. The largest absolute Gasteiger partial charge is 0.465 e. The Morgan fingerprint density at radius 2 is 1.91 bits per heavy atom. The lowest BCUT2D eigenvalue weighted by Gasteiger charge is -2.30. The highest BCUT2D eigenvalue weighted by Gasteiger charge is 2.20. The molecule has 0 saturated carbocycles. The van der Waals surface area contributed by atoms with Crippen LogP contribution in [0.15, 0.2) is 24.3 Å². The highest BCUT2D eigenvalue weighted by molar-refractivity contribution is 5.96. The molecule has 1 aliphatic heterocycles. The third-order valence-electron chi connectivity index (χ3n) is 4.61. The Balaban J connectivity index is 1.73. The molecule has 5 heteroatoms. The fourth-order valence-electron chi connectivity index (χ4n) is 3.12. The van der Waals surface area contributed by atoms with Gasteiger partial charge in [-0.1, -0.05) is 0 Å². The average Bonchev–Trinajstić information content (AvgIpc) is 2.59. The zero-order valence-electron chi connectivity index (χ0n) is 14.1. The molecule has 1 amide bonds. The van der Waals surface area contributed by atoms with Crippen molar-refractivity contribution in [3.8, 4) is 0 Å². The number of amides is 1. The molecule has 2 N–H and O–H groups in total. The van der Waals surface area contributed by atoms with Crippen molar-refractivity contribution in [2.45, 2.75) is 38.6 Å². The lowest BCUT2D eigenvalue weighted by molar-refractivity contribution is -0.928. The highest BCUT2D eigenvalue weighted by Crippen LogP contribution is 2.06. The van der Waals surface area contributed by atoms with Crippen molar-refractivity contribution >= 4 is 11.9 Å². The Morgan fingerprint density at radius 1 is 1.22 bits per heavy atom. The van der Waals surface area contributed by atoms with Crippen molar-refractivity contribution in [1.82, 2.24) is 5.32 Å². The third kappa shape index (κ3) is 5.06. The second kappa shape index (κ2) is 8.67. The van der Waals surface area contributed by atoms with E-state index in [0.717, 1.165) is 19.0 Å². The van der Waals surface area contributed by atoms with Crippen molar-refractivity contribution in [2.24, 2.45) is 0 Å². The molecule has 5 nitrogen and oxygen atoms in total. The molecule has 0 bridgehead atoms. The van der Waals surface area contributed by atoms with E-state index in [4.69, 9.17) is 0 Å². The minimum absolute atomic E-state index is 0.0943. The Hall–Kier alpha value is -1.88. The van der Waals surface area contributed by atoms with Crippen LogP contribution in [0.25, 0.3) is 0 Å². The summed E-state index contributed by atoms with van der Waals surface area (Å²) in [5.74, 6) is -0.487. The van der Waals surface area contributed by atoms with Gasteiger partial charge in [-0.3, -0.25) is 4.79 Å². The number of benzene rings is 1. The van der Waals surface area contributed by atoms with Crippen molar-refractivity contribution in [2.75, 3.05) is 26.7 Å². The molecule has 1 saturated heterocycles. The average molecular weight is 319 g/mol. The Bertz CT molecular complexity index is 528. The molecule has 1 aromatic carbocycles. The Kier molecular flexibility index (Phi) is 6.59. The monoisotopic (exact) mass is 319 g/mol. The second-order valence-corrected chi connectivity index (χ2v) is 6.23. The van der Waals surface area contributed by atoms with Crippen LogP contribution in [0.2, 0.25) is 0 Å². The van der Waals surface area contributed by atoms with Gasteiger partial charge in [0.1, 0.15) is 0 Å². The number of methoxy groups -OCH3 is 1. The van der Waals surface area contributed by atoms with Gasteiger partial charge in [0.25, 0.3) is 5.91 Å². The van der Waals surface area contributed by atoms with E-state index < -0.39 is 5.97 Å². The van der Waals surface area contributed by atoms with Gasteiger partial charge in [-0.15, -0.1) is 0 Å². The van der Waals surface area contributed by atoms with Gasteiger partial charge in [0, 0.05) is 18.5 Å². The Labute approximate surface area is 138 Å². The van der Waals surface area contributed by atoms with E-state index in [0.29, 0.717) is 17.7 Å². The van der Waals surface area contributed by atoms with Gasteiger partial charge in [-0.25, -0.2) is 4.79 Å². The molecular weight excluding hydrogens is 292 g/mol. The lowest BCUT2D eigenvalue weighted by atomic mass is 10.0. The van der Waals surface area contributed by atoms with Crippen LogP contribution in [0, 0.1) is 0 Å². The summed E-state index contributed by atoms with van der Waals surface area (Å²) in [4.78, 5) is 25.1. The van der Waals surface area contributed by atoms with Crippen LogP contribution < -0.4 is 10.2 Å². The molecule has 0 aromatic heterocycles. The molecule has 0 aliphatic carbocycles. The maximum absolute atomic E-state index is 12.1. The first-order valence-corrected chi connectivity index (χ1v) is 8.43. The Morgan fingerprint density at radius 3 is 2.57 bits per heavy atom. The minimum atomic E-state index is -0.393. The van der Waals surface area contributed by atoms with Crippen LogP contribution in [0.4, 0.5) is 0 Å².